The van der Waals surface area contributed by atoms with E-state index < -0.39 is 21.0 Å². The highest BCUT2D eigenvalue weighted by molar-refractivity contribution is 7.89. The number of carbonyl (C=O) groups is 1. The molecule has 0 spiro atoms. The van der Waals surface area contributed by atoms with E-state index in [9.17, 15) is 17.4 Å². The smallest absolute Gasteiger partial charge is 0.251 e. The lowest BCUT2D eigenvalue weighted by Crippen LogP contribution is -2.35. The number of nitrogens with zero attached hydrogens (tertiary/aromatic N) is 6. The number of anilines is 1. The van der Waals surface area contributed by atoms with Crippen molar-refractivity contribution >= 4 is 44.2 Å². The molecule has 53 heavy (non-hydrogen) atoms. The molecule has 11 nitrogen and oxygen atoms in total. The second-order valence-corrected chi connectivity index (χ2v) is 18.1. The van der Waals surface area contributed by atoms with E-state index in [1.807, 2.05) is 51.7 Å². The van der Waals surface area contributed by atoms with E-state index in [2.05, 4.69) is 14.9 Å². The van der Waals surface area contributed by atoms with Crippen LogP contribution in [0.15, 0.2) is 65.6 Å². The van der Waals surface area contributed by atoms with E-state index in [4.69, 9.17) is 16.7 Å². The summed E-state index contributed by atoms with van der Waals surface area (Å²) < 4.78 is 44.0. The van der Waals surface area contributed by atoms with Crippen molar-refractivity contribution in [2.75, 3.05) is 71.1 Å². The molecule has 0 aliphatic carbocycles. The number of likely N-dealkylation sites (tertiary alicyclic amines) is 1. The highest BCUT2D eigenvalue weighted by atomic mass is 35.5. The molecule has 1 amide bonds. The third-order valence-corrected chi connectivity index (χ3v) is 13.9. The molecule has 3 aliphatic rings. The Labute approximate surface area is 320 Å². The number of sulfonamides is 1. The van der Waals surface area contributed by atoms with Crippen molar-refractivity contribution in [3.8, 4) is 22.4 Å². The van der Waals surface area contributed by atoms with Gasteiger partial charge in [-0.05, 0) is 86.8 Å². The number of amides is 1. The van der Waals surface area contributed by atoms with Crippen LogP contribution in [0.25, 0.3) is 22.4 Å². The number of nitrogens with one attached hydrogen (secondary N) is 1. The quantitative estimate of drug-likeness (QED) is 0.203. The van der Waals surface area contributed by atoms with Gasteiger partial charge >= 0.3 is 0 Å². The van der Waals surface area contributed by atoms with Gasteiger partial charge in [0.25, 0.3) is 5.91 Å². The molecule has 1 N–H and O–H groups in total. The summed E-state index contributed by atoms with van der Waals surface area (Å²) in [5.41, 5.74) is 7.96. The SMILES string of the molecule is CN(C)S(=O)(=O)c1cccc2c1N(CCNC(=O)c1cccc(-c3cc(-c4nn(CCCN5CCCC5)c5c4CN(S(C)=O)CC5)ccc3Cl)c1)CC2. The van der Waals surface area contributed by atoms with Gasteiger partial charge in [-0.2, -0.15) is 5.10 Å². The van der Waals surface area contributed by atoms with Crippen LogP contribution in [-0.2, 0) is 46.9 Å². The molecule has 0 saturated carbocycles. The predicted octanol–water partition coefficient (Wildman–Crippen LogP) is 5.05. The topological polar surface area (TPSA) is 111 Å². The number of benzene rings is 3. The van der Waals surface area contributed by atoms with Crippen molar-refractivity contribution < 1.29 is 17.4 Å². The van der Waals surface area contributed by atoms with Crippen LogP contribution in [0.2, 0.25) is 5.02 Å². The number of rotatable bonds is 13. The summed E-state index contributed by atoms with van der Waals surface area (Å²) in [4.78, 5) is 18.3. The summed E-state index contributed by atoms with van der Waals surface area (Å²) in [5, 5.41) is 8.76. The minimum Gasteiger partial charge on any atom is -0.368 e. The van der Waals surface area contributed by atoms with Crippen molar-refractivity contribution in [3.63, 3.8) is 0 Å². The van der Waals surface area contributed by atoms with Crippen LogP contribution in [0, 0.1) is 0 Å². The van der Waals surface area contributed by atoms with Crippen molar-refractivity contribution in [1.82, 2.24) is 28.6 Å². The molecule has 1 saturated heterocycles. The zero-order valence-electron chi connectivity index (χ0n) is 30.7. The number of aryl methyl sites for hydroxylation is 1. The number of hydrogen-bond donors (Lipinski definition) is 1. The number of fused-ring (bicyclic) bond motifs is 2. The first kappa shape index (κ1) is 37.7. The first-order valence-corrected chi connectivity index (χ1v) is 21.7. The number of carbonyl (C=O) groups excluding carboxylic acids is 1. The maximum Gasteiger partial charge on any atom is 0.251 e. The Bertz CT molecular complexity index is 2130. The summed E-state index contributed by atoms with van der Waals surface area (Å²) in [5.74, 6) is -0.220. The van der Waals surface area contributed by atoms with E-state index >= 15 is 0 Å². The monoisotopic (exact) mass is 777 g/mol. The number of halogens is 1. The van der Waals surface area contributed by atoms with E-state index in [0.717, 1.165) is 78.1 Å². The molecule has 0 radical (unpaired) electrons. The van der Waals surface area contributed by atoms with Crippen LogP contribution < -0.4 is 10.2 Å². The molecule has 1 atom stereocenters. The number of aromatic nitrogens is 2. The first-order chi connectivity index (χ1) is 25.5. The largest absolute Gasteiger partial charge is 0.368 e. The van der Waals surface area contributed by atoms with E-state index in [0.29, 0.717) is 36.8 Å². The fourth-order valence-corrected chi connectivity index (χ4v) is 9.84. The average molecular weight is 778 g/mol. The molecule has 282 valence electrons. The fraction of sp³-hybridized carbons (Fsp3) is 0.436. The predicted molar refractivity (Wildman–Crippen MR) is 212 cm³/mol. The van der Waals surface area contributed by atoms with Gasteiger partial charge in [-0.3, -0.25) is 9.48 Å². The number of hydrogen-bond acceptors (Lipinski definition) is 7. The fourth-order valence-electron chi connectivity index (χ4n) is 7.81. The Morgan fingerprint density at radius 2 is 1.74 bits per heavy atom. The molecule has 14 heteroatoms. The highest BCUT2D eigenvalue weighted by Gasteiger charge is 2.30. The summed E-state index contributed by atoms with van der Waals surface area (Å²) in [7, 11) is -1.63. The molecule has 7 rings (SSSR count). The maximum absolute atomic E-state index is 13.4. The average Bonchev–Trinajstić information content (AvgIpc) is 3.91. The molecule has 4 heterocycles. The second kappa shape index (κ2) is 16.0. The normalized spacial score (nSPS) is 17.0. The zero-order chi connectivity index (χ0) is 37.3. The summed E-state index contributed by atoms with van der Waals surface area (Å²) in [6, 6.07) is 18.8. The summed E-state index contributed by atoms with van der Waals surface area (Å²) >= 11 is 6.83. The van der Waals surface area contributed by atoms with Crippen molar-refractivity contribution in [3.05, 3.63) is 88.1 Å². The molecular weight excluding hydrogens is 730 g/mol. The molecule has 0 bridgehead atoms. The van der Waals surface area contributed by atoms with Gasteiger partial charge in [0, 0.05) is 99.0 Å². The molecule has 1 aromatic heterocycles. The molecule has 3 aromatic carbocycles. The second-order valence-electron chi connectivity index (χ2n) is 14.3. The van der Waals surface area contributed by atoms with E-state index in [1.54, 1.807) is 24.5 Å². The lowest BCUT2D eigenvalue weighted by Gasteiger charge is -2.25. The third kappa shape index (κ3) is 7.97. The van der Waals surface area contributed by atoms with Crippen molar-refractivity contribution in [2.24, 2.45) is 0 Å². The summed E-state index contributed by atoms with van der Waals surface area (Å²) in [6.07, 6.45) is 6.86. The van der Waals surface area contributed by atoms with Crippen LogP contribution >= 0.6 is 11.6 Å². The Kier molecular flexibility index (Phi) is 11.4. The van der Waals surface area contributed by atoms with Gasteiger partial charge in [-0.25, -0.2) is 21.2 Å². The first-order valence-electron chi connectivity index (χ1n) is 18.4. The molecule has 1 fully saturated rings. The lowest BCUT2D eigenvalue weighted by atomic mass is 9.97. The third-order valence-electron chi connectivity index (χ3n) is 10.7. The van der Waals surface area contributed by atoms with Gasteiger partial charge in [0.05, 0.1) is 22.4 Å². The number of para-hydroxylation sites is 1. The maximum atomic E-state index is 13.4. The van der Waals surface area contributed by atoms with Crippen LogP contribution in [0.4, 0.5) is 5.69 Å². The lowest BCUT2D eigenvalue weighted by molar-refractivity contribution is 0.0954. The van der Waals surface area contributed by atoms with Gasteiger partial charge in [-0.15, -0.1) is 0 Å². The van der Waals surface area contributed by atoms with Crippen LogP contribution in [0.5, 0.6) is 0 Å². The van der Waals surface area contributed by atoms with E-state index in [-0.39, 0.29) is 10.8 Å². The molecule has 3 aliphatic heterocycles. The standard InChI is InChI=1S/C39H48ClN7O4S2/c1-43(2)53(50,51)36-12-7-9-28-15-22-45(38(28)36)24-17-41-39(48)31-11-6-10-29(25-31)32-26-30(13-14-34(32)40)37-33-27-46(52(3)49)23-16-35(33)47(42-37)21-8-20-44-18-4-5-19-44/h6-7,9-14,25-26H,4-5,8,15-24,27H2,1-3H3,(H,41,48). The zero-order valence-corrected chi connectivity index (χ0v) is 33.1. The molecule has 4 aromatic rings. The Morgan fingerprint density at radius 3 is 2.51 bits per heavy atom. The highest BCUT2D eigenvalue weighted by Crippen LogP contribution is 2.37. The molecular formula is C39H48ClN7O4S2. The Balaban J connectivity index is 1.08. The van der Waals surface area contributed by atoms with E-state index in [1.165, 1.54) is 50.0 Å². The van der Waals surface area contributed by atoms with Crippen molar-refractivity contribution in [1.29, 1.82) is 0 Å². The van der Waals surface area contributed by atoms with Gasteiger partial charge in [0.15, 0.2) is 0 Å². The van der Waals surface area contributed by atoms with Crippen LogP contribution in [0.1, 0.15) is 46.4 Å². The molecule has 1 unspecified atom stereocenters. The summed E-state index contributed by atoms with van der Waals surface area (Å²) in [6.45, 7) is 7.08. The van der Waals surface area contributed by atoms with Crippen molar-refractivity contribution in [2.45, 2.75) is 50.1 Å². The minimum absolute atomic E-state index is 0.220. The van der Waals surface area contributed by atoms with Gasteiger partial charge in [0.2, 0.25) is 10.0 Å². The van der Waals surface area contributed by atoms with Gasteiger partial charge in [-0.1, -0.05) is 41.9 Å². The van der Waals surface area contributed by atoms with Gasteiger partial charge in [0.1, 0.15) is 4.90 Å². The Hall–Kier alpha value is -3.59. The minimum atomic E-state index is -3.62. The van der Waals surface area contributed by atoms with Gasteiger partial charge < -0.3 is 15.1 Å². The van der Waals surface area contributed by atoms with Crippen LogP contribution in [-0.4, -0.2) is 108 Å². The Morgan fingerprint density at radius 1 is 0.943 bits per heavy atom. The van der Waals surface area contributed by atoms with Crippen LogP contribution in [0.3, 0.4) is 0 Å².